The van der Waals surface area contributed by atoms with Gasteiger partial charge in [0.1, 0.15) is 17.6 Å². The fraction of sp³-hybridized carbons (Fsp3) is 0.538. The monoisotopic (exact) mass is 497 g/mol. The summed E-state index contributed by atoms with van der Waals surface area (Å²) in [5.74, 6) is 0.821. The molecule has 2 aliphatic rings. The molecule has 0 bridgehead atoms. The Hall–Kier alpha value is -3.56. The third kappa shape index (κ3) is 4.52. The summed E-state index contributed by atoms with van der Waals surface area (Å²) in [5.41, 5.74) is -0.0354. The molecule has 0 spiro atoms. The molecule has 2 amide bonds. The Morgan fingerprint density at radius 3 is 2.19 bits per heavy atom. The molecule has 194 valence electrons. The molecule has 4 rings (SSSR count). The Balaban J connectivity index is 1.55. The van der Waals surface area contributed by atoms with Crippen molar-refractivity contribution in [1.82, 2.24) is 14.0 Å². The van der Waals surface area contributed by atoms with Crippen molar-refractivity contribution in [3.63, 3.8) is 0 Å². The van der Waals surface area contributed by atoms with Gasteiger partial charge in [0.05, 0.1) is 5.69 Å². The van der Waals surface area contributed by atoms with E-state index in [1.54, 1.807) is 26.5 Å². The molecule has 0 N–H and O–H groups in total. The van der Waals surface area contributed by atoms with Gasteiger partial charge in [-0.3, -0.25) is 28.4 Å². The molecule has 10 heteroatoms. The number of benzene rings is 1. The number of carbonyl (C=O) groups excluding carboxylic acids is 2. The van der Waals surface area contributed by atoms with Crippen molar-refractivity contribution in [1.29, 1.82) is 0 Å². The average molecular weight is 498 g/mol. The summed E-state index contributed by atoms with van der Waals surface area (Å²) in [6, 6.07) is 7.79. The molecule has 1 aromatic heterocycles. The van der Waals surface area contributed by atoms with Crippen LogP contribution in [-0.4, -0.2) is 64.7 Å². The first-order valence-electron chi connectivity index (χ1n) is 12.6. The maximum Gasteiger partial charge on any atom is 0.333 e. The first-order valence-corrected chi connectivity index (χ1v) is 12.6. The van der Waals surface area contributed by atoms with Crippen LogP contribution in [0.1, 0.15) is 53.1 Å². The predicted molar refractivity (Wildman–Crippen MR) is 138 cm³/mol. The number of piperazine rings is 1. The number of para-hydroxylation sites is 2. The molecule has 0 saturated carbocycles. The lowest BCUT2D eigenvalue weighted by atomic mass is 10.1. The number of ether oxygens (including phenoxy) is 1. The fourth-order valence-corrected chi connectivity index (χ4v) is 5.06. The van der Waals surface area contributed by atoms with Crippen molar-refractivity contribution in [2.75, 3.05) is 42.6 Å². The summed E-state index contributed by atoms with van der Waals surface area (Å²) in [7, 11) is 0. The number of aromatic nitrogens is 2. The molecule has 2 aromatic rings. The van der Waals surface area contributed by atoms with E-state index < -0.39 is 6.04 Å². The van der Waals surface area contributed by atoms with Crippen molar-refractivity contribution in [3.8, 4) is 5.75 Å². The highest BCUT2D eigenvalue weighted by atomic mass is 16.5. The smallest absolute Gasteiger partial charge is 0.333 e. The van der Waals surface area contributed by atoms with Crippen LogP contribution in [0.25, 0.3) is 0 Å². The molecular formula is C26H35N5O5. The van der Waals surface area contributed by atoms with Crippen molar-refractivity contribution in [3.05, 3.63) is 51.2 Å². The maximum absolute atomic E-state index is 13.6. The van der Waals surface area contributed by atoms with Gasteiger partial charge < -0.3 is 14.5 Å². The van der Waals surface area contributed by atoms with Crippen LogP contribution in [0.2, 0.25) is 0 Å². The van der Waals surface area contributed by atoms with E-state index in [4.69, 9.17) is 4.74 Å². The van der Waals surface area contributed by atoms with Gasteiger partial charge in [0.15, 0.2) is 6.61 Å². The molecule has 36 heavy (non-hydrogen) atoms. The number of carbonyl (C=O) groups is 2. The zero-order valence-electron chi connectivity index (χ0n) is 21.6. The van der Waals surface area contributed by atoms with Gasteiger partial charge in [-0.05, 0) is 46.2 Å². The summed E-state index contributed by atoms with van der Waals surface area (Å²) in [5, 5.41) is 0. The second-order valence-corrected chi connectivity index (χ2v) is 9.81. The van der Waals surface area contributed by atoms with Crippen molar-refractivity contribution in [2.24, 2.45) is 0 Å². The van der Waals surface area contributed by atoms with E-state index in [9.17, 15) is 19.2 Å². The SMILES string of the molecule is CC[C@H](C(=O)N1CCN(c2cc(=O)n(C(C)C)c(=O)n2C(C)C)CC1)N1C(=O)COc2ccccc21. The van der Waals surface area contributed by atoms with Crippen LogP contribution >= 0.6 is 0 Å². The Kier molecular flexibility index (Phi) is 7.23. The fourth-order valence-electron chi connectivity index (χ4n) is 5.06. The number of fused-ring (bicyclic) bond motifs is 1. The second kappa shape index (κ2) is 10.2. The van der Waals surface area contributed by atoms with Crippen LogP contribution in [-0.2, 0) is 9.59 Å². The average Bonchev–Trinajstić information content (AvgIpc) is 2.84. The highest BCUT2D eigenvalue weighted by Crippen LogP contribution is 2.34. The lowest BCUT2D eigenvalue weighted by molar-refractivity contribution is -0.135. The van der Waals surface area contributed by atoms with Gasteiger partial charge in [-0.2, -0.15) is 0 Å². The van der Waals surface area contributed by atoms with Crippen LogP contribution in [0, 0.1) is 0 Å². The molecular weight excluding hydrogens is 462 g/mol. The van der Waals surface area contributed by atoms with Gasteiger partial charge in [-0.15, -0.1) is 0 Å². The lowest BCUT2D eigenvalue weighted by Gasteiger charge is -2.41. The molecule has 1 aromatic carbocycles. The summed E-state index contributed by atoms with van der Waals surface area (Å²) < 4.78 is 8.46. The number of amides is 2. The van der Waals surface area contributed by atoms with E-state index in [1.807, 2.05) is 51.7 Å². The maximum atomic E-state index is 13.6. The van der Waals surface area contributed by atoms with Crippen LogP contribution < -0.4 is 25.8 Å². The number of rotatable bonds is 6. The van der Waals surface area contributed by atoms with E-state index in [0.29, 0.717) is 49.9 Å². The van der Waals surface area contributed by atoms with Crippen molar-refractivity contribution < 1.29 is 14.3 Å². The molecule has 1 fully saturated rings. The molecule has 0 radical (unpaired) electrons. The minimum absolute atomic E-state index is 0.0940. The number of hydrogen-bond acceptors (Lipinski definition) is 6. The Bertz CT molecular complexity index is 1260. The Labute approximate surface area is 210 Å². The third-order valence-corrected chi connectivity index (χ3v) is 6.83. The standard InChI is InChI=1S/C26H35N5O5/c1-6-19(31-20-9-7-8-10-21(20)36-16-24(31)33)25(34)28-13-11-27(12-14-28)22-15-23(32)30(18(4)5)26(35)29(22)17(2)3/h7-10,15,17-19H,6,11-14,16H2,1-5H3/t19-/m1/s1. The van der Waals surface area contributed by atoms with Crippen LogP contribution in [0.3, 0.4) is 0 Å². The molecule has 0 aliphatic carbocycles. The number of anilines is 2. The predicted octanol–water partition coefficient (Wildman–Crippen LogP) is 2.02. The van der Waals surface area contributed by atoms with Gasteiger partial charge in [0.2, 0.25) is 5.91 Å². The van der Waals surface area contributed by atoms with E-state index in [2.05, 4.69) is 0 Å². The molecule has 3 heterocycles. The summed E-state index contributed by atoms with van der Waals surface area (Å²) in [4.78, 5) is 57.6. The highest BCUT2D eigenvalue weighted by molar-refractivity contribution is 6.03. The van der Waals surface area contributed by atoms with Gasteiger partial charge in [0.25, 0.3) is 11.5 Å². The zero-order chi connectivity index (χ0) is 26.1. The van der Waals surface area contributed by atoms with E-state index in [-0.39, 0.29) is 41.8 Å². The van der Waals surface area contributed by atoms with Gasteiger partial charge in [0, 0.05) is 44.3 Å². The number of nitrogens with zero attached hydrogens (tertiary/aromatic N) is 5. The van der Waals surface area contributed by atoms with Gasteiger partial charge in [-0.25, -0.2) is 4.79 Å². The Morgan fingerprint density at radius 2 is 1.58 bits per heavy atom. The molecule has 1 saturated heterocycles. The Morgan fingerprint density at radius 1 is 0.944 bits per heavy atom. The van der Waals surface area contributed by atoms with E-state index >= 15 is 0 Å². The van der Waals surface area contributed by atoms with Crippen LogP contribution in [0.4, 0.5) is 11.5 Å². The summed E-state index contributed by atoms with van der Waals surface area (Å²) >= 11 is 0. The van der Waals surface area contributed by atoms with Crippen LogP contribution in [0.15, 0.2) is 39.9 Å². The lowest BCUT2D eigenvalue weighted by Crippen LogP contribution is -2.58. The normalized spacial score (nSPS) is 16.9. The molecule has 2 aliphatic heterocycles. The quantitative estimate of drug-likeness (QED) is 0.606. The minimum Gasteiger partial charge on any atom is -0.482 e. The summed E-state index contributed by atoms with van der Waals surface area (Å²) in [6.07, 6.45) is 0.472. The van der Waals surface area contributed by atoms with Crippen molar-refractivity contribution in [2.45, 2.75) is 59.2 Å². The highest BCUT2D eigenvalue weighted by Gasteiger charge is 2.37. The number of hydrogen-bond donors (Lipinski definition) is 0. The van der Waals surface area contributed by atoms with Gasteiger partial charge >= 0.3 is 5.69 Å². The zero-order valence-corrected chi connectivity index (χ0v) is 21.6. The minimum atomic E-state index is -0.627. The topological polar surface area (TPSA) is 97.1 Å². The van der Waals surface area contributed by atoms with Crippen molar-refractivity contribution >= 4 is 23.3 Å². The van der Waals surface area contributed by atoms with Gasteiger partial charge in [-0.1, -0.05) is 19.1 Å². The molecule has 0 unspecified atom stereocenters. The van der Waals surface area contributed by atoms with Crippen LogP contribution in [0.5, 0.6) is 5.75 Å². The second-order valence-electron chi connectivity index (χ2n) is 9.81. The van der Waals surface area contributed by atoms with E-state index in [1.165, 1.54) is 10.6 Å². The first kappa shape index (κ1) is 25.5. The largest absolute Gasteiger partial charge is 0.482 e. The molecule has 10 nitrogen and oxygen atoms in total. The summed E-state index contributed by atoms with van der Waals surface area (Å²) in [6.45, 7) is 11.1. The first-order chi connectivity index (χ1) is 17.1. The van der Waals surface area contributed by atoms with E-state index in [0.717, 1.165) is 0 Å². The third-order valence-electron chi connectivity index (χ3n) is 6.83. The molecule has 1 atom stereocenters.